The van der Waals surface area contributed by atoms with E-state index in [4.69, 9.17) is 11.5 Å². The number of hydrogen-bond acceptors (Lipinski definition) is 8. The topological polar surface area (TPSA) is 120 Å². The molecule has 7 nitrogen and oxygen atoms in total. The highest BCUT2D eigenvalue weighted by atomic mass is 32.2. The fourth-order valence-electron chi connectivity index (χ4n) is 2.04. The quantitative estimate of drug-likeness (QED) is 0.555. The van der Waals surface area contributed by atoms with Crippen molar-refractivity contribution in [3.63, 3.8) is 0 Å². The summed E-state index contributed by atoms with van der Waals surface area (Å²) in [6.07, 6.45) is 0. The van der Waals surface area contributed by atoms with Gasteiger partial charge >= 0.3 is 0 Å². The molecule has 132 valence electrons. The van der Waals surface area contributed by atoms with Crippen molar-refractivity contribution in [2.45, 2.75) is 14.9 Å². The maximum absolute atomic E-state index is 12.3. The van der Waals surface area contributed by atoms with Gasteiger partial charge in [0.25, 0.3) is 0 Å². The molecule has 0 saturated heterocycles. The number of carbonyl (C=O) groups is 1. The van der Waals surface area contributed by atoms with Crippen LogP contribution in [0.3, 0.4) is 0 Å². The second-order valence-electron chi connectivity index (χ2n) is 5.08. The first-order valence-corrected chi connectivity index (χ1v) is 9.42. The van der Waals surface area contributed by atoms with Gasteiger partial charge in [0.2, 0.25) is 17.8 Å². The third kappa shape index (κ3) is 5.11. The highest BCUT2D eigenvalue weighted by Crippen LogP contribution is 2.33. The molecule has 1 amide bonds. The summed E-state index contributed by atoms with van der Waals surface area (Å²) in [4.78, 5) is 25.9. The molecule has 0 saturated carbocycles. The van der Waals surface area contributed by atoms with Crippen molar-refractivity contribution in [2.75, 3.05) is 22.5 Å². The van der Waals surface area contributed by atoms with Crippen LogP contribution in [0.4, 0.5) is 17.6 Å². The molecule has 0 atom stereocenters. The van der Waals surface area contributed by atoms with Gasteiger partial charge in [-0.3, -0.25) is 4.79 Å². The van der Waals surface area contributed by atoms with Crippen molar-refractivity contribution in [1.29, 1.82) is 0 Å². The molecule has 0 radical (unpaired) electrons. The van der Waals surface area contributed by atoms with Crippen molar-refractivity contribution < 1.29 is 4.79 Å². The van der Waals surface area contributed by atoms with Gasteiger partial charge < -0.3 is 16.8 Å². The number of anilines is 3. The first-order valence-electron chi connectivity index (χ1n) is 7.62. The molecule has 0 spiro atoms. The summed E-state index contributed by atoms with van der Waals surface area (Å²) in [6, 6.07) is 17.6. The lowest BCUT2D eigenvalue weighted by Crippen LogP contribution is -2.15. The fourth-order valence-corrected chi connectivity index (χ4v) is 3.62. The molecule has 1 heterocycles. The summed E-state index contributed by atoms with van der Waals surface area (Å²) in [7, 11) is 0. The predicted molar refractivity (Wildman–Crippen MR) is 105 cm³/mol. The van der Waals surface area contributed by atoms with E-state index in [1.54, 1.807) is 11.8 Å². The summed E-state index contributed by atoms with van der Waals surface area (Å²) in [5, 5.41) is 3.23. The third-order valence-electron chi connectivity index (χ3n) is 3.11. The Hall–Kier alpha value is -2.78. The minimum Gasteiger partial charge on any atom is -0.368 e. The van der Waals surface area contributed by atoms with Crippen molar-refractivity contribution in [2.24, 2.45) is 0 Å². The van der Waals surface area contributed by atoms with Crippen molar-refractivity contribution in [3.05, 3.63) is 54.6 Å². The number of nitrogen functional groups attached to an aromatic ring is 2. The molecule has 0 aliphatic carbocycles. The third-order valence-corrected chi connectivity index (χ3v) is 5.05. The number of rotatable bonds is 6. The Morgan fingerprint density at radius 1 is 0.923 bits per heavy atom. The average molecular weight is 384 g/mol. The number of nitrogens with two attached hydrogens (primary N) is 2. The lowest BCUT2D eigenvalue weighted by atomic mass is 10.3. The Morgan fingerprint density at radius 3 is 2.31 bits per heavy atom. The smallest absolute Gasteiger partial charge is 0.234 e. The lowest BCUT2D eigenvalue weighted by Gasteiger charge is -2.10. The number of amides is 1. The van der Waals surface area contributed by atoms with E-state index in [2.05, 4.69) is 20.3 Å². The molecule has 0 fully saturated rings. The van der Waals surface area contributed by atoms with E-state index in [1.807, 2.05) is 54.6 Å². The van der Waals surface area contributed by atoms with Gasteiger partial charge in [0, 0.05) is 9.79 Å². The molecule has 3 rings (SSSR count). The molecule has 0 aliphatic heterocycles. The summed E-state index contributed by atoms with van der Waals surface area (Å²) in [5.41, 5.74) is 11.8. The van der Waals surface area contributed by atoms with Gasteiger partial charge in [0.15, 0.2) is 5.16 Å². The van der Waals surface area contributed by atoms with E-state index in [1.165, 1.54) is 0 Å². The van der Waals surface area contributed by atoms with Gasteiger partial charge in [-0.25, -0.2) is 0 Å². The molecule has 2 aromatic carbocycles. The number of thioether (sulfide) groups is 1. The van der Waals surface area contributed by atoms with E-state index in [9.17, 15) is 4.79 Å². The van der Waals surface area contributed by atoms with Crippen LogP contribution < -0.4 is 16.8 Å². The molecule has 3 aromatic rings. The van der Waals surface area contributed by atoms with Gasteiger partial charge in [-0.2, -0.15) is 15.0 Å². The summed E-state index contributed by atoms with van der Waals surface area (Å²) in [5.74, 6) is 0.0245. The Bertz CT molecular complexity index is 887. The molecule has 0 bridgehead atoms. The van der Waals surface area contributed by atoms with Gasteiger partial charge in [-0.1, -0.05) is 53.9 Å². The number of para-hydroxylation sites is 1. The Labute approximate surface area is 159 Å². The zero-order valence-corrected chi connectivity index (χ0v) is 15.3. The van der Waals surface area contributed by atoms with Crippen molar-refractivity contribution in [1.82, 2.24) is 15.0 Å². The predicted octanol–water partition coefficient (Wildman–Crippen LogP) is 2.92. The molecule has 0 unspecified atom stereocenters. The van der Waals surface area contributed by atoms with Crippen LogP contribution in [0, 0.1) is 0 Å². The lowest BCUT2D eigenvalue weighted by molar-refractivity contribution is -0.113. The molecule has 9 heteroatoms. The summed E-state index contributed by atoms with van der Waals surface area (Å²) < 4.78 is 0. The van der Waals surface area contributed by atoms with Crippen LogP contribution in [0.15, 0.2) is 69.5 Å². The number of aromatic nitrogens is 3. The second kappa shape index (κ2) is 8.54. The zero-order chi connectivity index (χ0) is 18.4. The standard InChI is InChI=1S/C17H16N6OS2/c18-15-21-16(19)23-17(22-15)25-10-14(24)20-12-8-4-5-9-13(12)26-11-6-2-1-3-7-11/h1-9H,10H2,(H,20,24)(H4,18,19,21,22,23). The molecular formula is C17H16N6OS2. The molecule has 0 aliphatic rings. The summed E-state index contributed by atoms with van der Waals surface area (Å²) in [6.45, 7) is 0. The number of nitrogens with one attached hydrogen (secondary N) is 1. The van der Waals surface area contributed by atoms with Gasteiger partial charge in [-0.05, 0) is 24.3 Å². The van der Waals surface area contributed by atoms with Crippen LogP contribution in [-0.4, -0.2) is 26.6 Å². The number of hydrogen-bond donors (Lipinski definition) is 3. The number of carbonyl (C=O) groups excluding carboxylic acids is 1. The molecule has 26 heavy (non-hydrogen) atoms. The van der Waals surface area contributed by atoms with Crippen molar-refractivity contribution >= 4 is 47.0 Å². The van der Waals surface area contributed by atoms with Crippen LogP contribution in [0.2, 0.25) is 0 Å². The van der Waals surface area contributed by atoms with Crippen LogP contribution >= 0.6 is 23.5 Å². The van der Waals surface area contributed by atoms with Crippen LogP contribution in [0.1, 0.15) is 0 Å². The van der Waals surface area contributed by atoms with Crippen LogP contribution in [-0.2, 0) is 4.79 Å². The highest BCUT2D eigenvalue weighted by molar-refractivity contribution is 8.00. The minimum atomic E-state index is -0.173. The zero-order valence-electron chi connectivity index (χ0n) is 13.6. The highest BCUT2D eigenvalue weighted by Gasteiger charge is 2.10. The van der Waals surface area contributed by atoms with E-state index in [0.717, 1.165) is 27.2 Å². The second-order valence-corrected chi connectivity index (χ2v) is 7.14. The van der Waals surface area contributed by atoms with E-state index in [0.29, 0.717) is 5.16 Å². The van der Waals surface area contributed by atoms with Gasteiger partial charge in [0.05, 0.1) is 11.4 Å². The van der Waals surface area contributed by atoms with E-state index < -0.39 is 0 Å². The Morgan fingerprint density at radius 2 is 1.58 bits per heavy atom. The van der Waals surface area contributed by atoms with Gasteiger partial charge in [0.1, 0.15) is 0 Å². The molecule has 5 N–H and O–H groups in total. The number of nitrogens with zero attached hydrogens (tertiary/aromatic N) is 3. The van der Waals surface area contributed by atoms with E-state index >= 15 is 0 Å². The number of benzene rings is 2. The van der Waals surface area contributed by atoms with Crippen molar-refractivity contribution in [3.8, 4) is 0 Å². The Balaban J connectivity index is 1.64. The summed E-state index contributed by atoms with van der Waals surface area (Å²) >= 11 is 2.73. The Kier molecular flexibility index (Phi) is 5.92. The fraction of sp³-hybridized carbons (Fsp3) is 0.0588. The first kappa shape index (κ1) is 18.0. The average Bonchev–Trinajstić information content (AvgIpc) is 2.62. The SMILES string of the molecule is Nc1nc(N)nc(SCC(=O)Nc2ccccc2Sc2ccccc2)n1. The van der Waals surface area contributed by atoms with E-state index in [-0.39, 0.29) is 23.6 Å². The largest absolute Gasteiger partial charge is 0.368 e. The maximum atomic E-state index is 12.3. The first-order chi connectivity index (χ1) is 12.6. The van der Waals surface area contributed by atoms with Gasteiger partial charge in [-0.15, -0.1) is 0 Å². The molecular weight excluding hydrogens is 368 g/mol. The normalized spacial score (nSPS) is 10.5. The minimum absolute atomic E-state index is 0.0324. The molecule has 1 aromatic heterocycles. The van der Waals surface area contributed by atoms with Crippen LogP contribution in [0.25, 0.3) is 0 Å². The monoisotopic (exact) mass is 384 g/mol. The van der Waals surface area contributed by atoms with Crippen LogP contribution in [0.5, 0.6) is 0 Å². The maximum Gasteiger partial charge on any atom is 0.234 e.